The van der Waals surface area contributed by atoms with Gasteiger partial charge in [-0.1, -0.05) is 12.1 Å². The molecule has 0 amide bonds. The van der Waals surface area contributed by atoms with Crippen LogP contribution in [0.15, 0.2) is 35.7 Å². The van der Waals surface area contributed by atoms with Gasteiger partial charge >= 0.3 is 0 Å². The molecule has 0 fully saturated rings. The molecule has 100 valence electrons. The van der Waals surface area contributed by atoms with Crippen LogP contribution in [0, 0.1) is 0 Å². The summed E-state index contributed by atoms with van der Waals surface area (Å²) in [6, 6.07) is 10.4. The number of aryl methyl sites for hydroxylation is 2. The fourth-order valence-corrected chi connectivity index (χ4v) is 4.97. The van der Waals surface area contributed by atoms with Crippen molar-refractivity contribution in [2.75, 3.05) is 0 Å². The third-order valence-electron chi connectivity index (χ3n) is 3.97. The molecule has 0 N–H and O–H groups in total. The topological polar surface area (TPSA) is 17.1 Å². The lowest BCUT2D eigenvalue weighted by molar-refractivity contribution is 0.104. The Morgan fingerprint density at radius 1 is 0.950 bits per heavy atom. The number of hydrogen-bond donors (Lipinski definition) is 0. The summed E-state index contributed by atoms with van der Waals surface area (Å²) in [6.45, 7) is 0. The maximum atomic E-state index is 12.6. The molecule has 0 aliphatic heterocycles. The molecule has 2 heterocycles. The molecule has 1 aliphatic rings. The monoisotopic (exact) mass is 298 g/mol. The van der Waals surface area contributed by atoms with Gasteiger partial charge < -0.3 is 0 Å². The first-order valence-electron chi connectivity index (χ1n) is 6.95. The van der Waals surface area contributed by atoms with Crippen LogP contribution in [0.25, 0.3) is 9.40 Å². The largest absolute Gasteiger partial charge is 0.288 e. The van der Waals surface area contributed by atoms with Crippen LogP contribution in [0.1, 0.15) is 39.2 Å². The molecule has 0 unspecified atom stereocenters. The van der Waals surface area contributed by atoms with Crippen molar-refractivity contribution in [3.05, 3.63) is 57.3 Å². The van der Waals surface area contributed by atoms with Gasteiger partial charge in [0.05, 0.1) is 4.88 Å². The molecule has 3 heteroatoms. The van der Waals surface area contributed by atoms with Crippen LogP contribution in [0.2, 0.25) is 0 Å². The number of thiophene rings is 2. The maximum Gasteiger partial charge on any atom is 0.203 e. The summed E-state index contributed by atoms with van der Waals surface area (Å²) in [6.07, 6.45) is 4.81. The SMILES string of the molecule is O=C(c1ccc2c(c1)CCCC2)c1cc2sccc2s1. The van der Waals surface area contributed by atoms with Gasteiger partial charge in [0.2, 0.25) is 5.78 Å². The third-order valence-corrected chi connectivity index (χ3v) is 6.07. The molecule has 0 saturated carbocycles. The summed E-state index contributed by atoms with van der Waals surface area (Å²) in [4.78, 5) is 13.5. The molecule has 1 aliphatic carbocycles. The summed E-state index contributed by atoms with van der Waals surface area (Å²) in [7, 11) is 0. The van der Waals surface area contributed by atoms with Crippen molar-refractivity contribution in [2.24, 2.45) is 0 Å². The second-order valence-electron chi connectivity index (χ2n) is 5.28. The Morgan fingerprint density at radius 3 is 2.65 bits per heavy atom. The van der Waals surface area contributed by atoms with Crippen molar-refractivity contribution in [2.45, 2.75) is 25.7 Å². The molecule has 20 heavy (non-hydrogen) atoms. The fraction of sp³-hybridized carbons (Fsp3) is 0.235. The number of hydrogen-bond acceptors (Lipinski definition) is 3. The Hall–Kier alpha value is -1.45. The molecule has 0 spiro atoms. The summed E-state index contributed by atoms with van der Waals surface area (Å²) in [5, 5.41) is 2.08. The highest BCUT2D eigenvalue weighted by molar-refractivity contribution is 7.28. The molecule has 4 rings (SSSR count). The summed E-state index contributed by atoms with van der Waals surface area (Å²) < 4.78 is 2.44. The summed E-state index contributed by atoms with van der Waals surface area (Å²) in [5.74, 6) is 0.173. The van der Waals surface area contributed by atoms with Crippen LogP contribution >= 0.6 is 22.7 Å². The van der Waals surface area contributed by atoms with E-state index in [-0.39, 0.29) is 5.78 Å². The molecule has 1 nitrogen and oxygen atoms in total. The third kappa shape index (κ3) is 2.02. The number of ketones is 1. The molecule has 2 aromatic heterocycles. The van der Waals surface area contributed by atoms with Gasteiger partial charge in [0, 0.05) is 15.0 Å². The minimum absolute atomic E-state index is 0.173. The minimum Gasteiger partial charge on any atom is -0.288 e. The predicted octanol–water partition coefficient (Wildman–Crippen LogP) is 5.07. The number of fused-ring (bicyclic) bond motifs is 2. The Balaban J connectivity index is 1.72. The molecule has 3 aromatic rings. The van der Waals surface area contributed by atoms with Gasteiger partial charge in [0.15, 0.2) is 0 Å². The lowest BCUT2D eigenvalue weighted by atomic mass is 9.89. The van der Waals surface area contributed by atoms with Crippen molar-refractivity contribution in [1.82, 2.24) is 0 Å². The molecule has 0 bridgehead atoms. The van der Waals surface area contributed by atoms with Crippen LogP contribution in [0.4, 0.5) is 0 Å². The van der Waals surface area contributed by atoms with Gasteiger partial charge in [-0.25, -0.2) is 0 Å². The van der Waals surface area contributed by atoms with E-state index >= 15 is 0 Å². The van der Waals surface area contributed by atoms with Crippen molar-refractivity contribution < 1.29 is 4.79 Å². The highest BCUT2D eigenvalue weighted by atomic mass is 32.1. The van der Waals surface area contributed by atoms with Crippen LogP contribution in [-0.2, 0) is 12.8 Å². The van der Waals surface area contributed by atoms with Crippen molar-refractivity contribution >= 4 is 37.9 Å². The van der Waals surface area contributed by atoms with Gasteiger partial charge in [0.1, 0.15) is 0 Å². The fourth-order valence-electron chi connectivity index (χ4n) is 2.89. The van der Waals surface area contributed by atoms with Crippen molar-refractivity contribution in [3.8, 4) is 0 Å². The minimum atomic E-state index is 0.173. The summed E-state index contributed by atoms with van der Waals surface area (Å²) >= 11 is 3.31. The number of benzene rings is 1. The van der Waals surface area contributed by atoms with E-state index in [1.54, 1.807) is 22.7 Å². The first-order chi connectivity index (χ1) is 9.81. The number of carbonyl (C=O) groups is 1. The molecular weight excluding hydrogens is 284 g/mol. The normalized spacial score (nSPS) is 14.4. The quantitative estimate of drug-likeness (QED) is 0.603. The highest BCUT2D eigenvalue weighted by Crippen LogP contribution is 2.32. The Kier molecular flexibility index (Phi) is 2.97. The predicted molar refractivity (Wildman–Crippen MR) is 86.2 cm³/mol. The molecule has 0 radical (unpaired) electrons. The lowest BCUT2D eigenvalue weighted by Crippen LogP contribution is -2.06. The standard InChI is InChI=1S/C17H14OS2/c18-17(16-10-15-14(20-16)7-8-19-15)13-6-5-11-3-1-2-4-12(11)9-13/h5-10H,1-4H2. The van der Waals surface area contributed by atoms with Gasteiger partial charge in [-0.3, -0.25) is 4.79 Å². The van der Waals surface area contributed by atoms with Crippen molar-refractivity contribution in [1.29, 1.82) is 0 Å². The zero-order chi connectivity index (χ0) is 13.5. The Labute approximate surface area is 125 Å². The van der Waals surface area contributed by atoms with Gasteiger partial charge in [-0.15, -0.1) is 22.7 Å². The average Bonchev–Trinajstić information content (AvgIpc) is 3.07. The molecule has 0 saturated heterocycles. The van der Waals surface area contributed by atoms with Gasteiger partial charge in [-0.05, 0) is 60.4 Å². The smallest absolute Gasteiger partial charge is 0.203 e. The number of carbonyl (C=O) groups excluding carboxylic acids is 1. The average molecular weight is 298 g/mol. The van der Waals surface area contributed by atoms with Gasteiger partial charge in [-0.2, -0.15) is 0 Å². The van der Waals surface area contributed by atoms with E-state index in [4.69, 9.17) is 0 Å². The first kappa shape index (κ1) is 12.3. The lowest BCUT2D eigenvalue weighted by Gasteiger charge is -2.16. The summed E-state index contributed by atoms with van der Waals surface area (Å²) in [5.41, 5.74) is 3.65. The Morgan fingerprint density at radius 2 is 1.80 bits per heavy atom. The van der Waals surface area contributed by atoms with E-state index in [0.717, 1.165) is 16.9 Å². The highest BCUT2D eigenvalue weighted by Gasteiger charge is 2.16. The molecular formula is C17H14OS2. The van der Waals surface area contributed by atoms with E-state index in [2.05, 4.69) is 23.6 Å². The van der Waals surface area contributed by atoms with E-state index in [1.807, 2.05) is 12.1 Å². The van der Waals surface area contributed by atoms with Gasteiger partial charge in [0.25, 0.3) is 0 Å². The van der Waals surface area contributed by atoms with Crippen molar-refractivity contribution in [3.63, 3.8) is 0 Å². The van der Waals surface area contributed by atoms with E-state index in [1.165, 1.54) is 39.8 Å². The van der Waals surface area contributed by atoms with Crippen LogP contribution in [-0.4, -0.2) is 5.78 Å². The molecule has 1 aromatic carbocycles. The molecule has 0 atom stereocenters. The van der Waals surface area contributed by atoms with Crippen LogP contribution in [0.5, 0.6) is 0 Å². The Bertz CT molecular complexity index is 766. The number of rotatable bonds is 2. The zero-order valence-corrected chi connectivity index (χ0v) is 12.7. The maximum absolute atomic E-state index is 12.6. The second-order valence-corrected chi connectivity index (χ2v) is 7.31. The van der Waals surface area contributed by atoms with E-state index in [9.17, 15) is 4.79 Å². The second kappa shape index (κ2) is 4.83. The van der Waals surface area contributed by atoms with E-state index in [0.29, 0.717) is 0 Å². The van der Waals surface area contributed by atoms with Crippen LogP contribution < -0.4 is 0 Å². The first-order valence-corrected chi connectivity index (χ1v) is 8.64. The zero-order valence-electron chi connectivity index (χ0n) is 11.0. The van der Waals surface area contributed by atoms with E-state index < -0.39 is 0 Å². The van der Waals surface area contributed by atoms with Crippen LogP contribution in [0.3, 0.4) is 0 Å².